The van der Waals surface area contributed by atoms with Gasteiger partial charge in [0.25, 0.3) is 0 Å². The molecule has 0 atom stereocenters. The molecule has 4 aromatic carbocycles. The molecule has 0 bridgehead atoms. The Kier molecular flexibility index (Phi) is 3.77. The Morgan fingerprint density at radius 1 is 0.710 bits per heavy atom. The number of aromatic nitrogens is 1. The van der Waals surface area contributed by atoms with E-state index in [9.17, 15) is 0 Å². The Balaban J connectivity index is 1.70. The van der Waals surface area contributed by atoms with Gasteiger partial charge in [-0.05, 0) is 53.8 Å². The molecule has 0 saturated heterocycles. The lowest BCUT2D eigenvalue weighted by Crippen LogP contribution is -2.14. The first kappa shape index (κ1) is 18.4. The summed E-state index contributed by atoms with van der Waals surface area (Å²) in [5, 5.41) is 2.75. The molecule has 1 nitrogen and oxygen atoms in total. The molecule has 0 saturated carbocycles. The van der Waals surface area contributed by atoms with Crippen LogP contribution in [-0.2, 0) is 12.0 Å². The highest BCUT2D eigenvalue weighted by Crippen LogP contribution is 2.52. The largest absolute Gasteiger partial charge is 0.336 e. The first-order valence-electron chi connectivity index (χ1n) is 11.2. The van der Waals surface area contributed by atoms with Gasteiger partial charge in [-0.2, -0.15) is 0 Å². The zero-order chi connectivity index (χ0) is 21.3. The fraction of sp³-hybridized carbons (Fsp3) is 0.200. The molecule has 1 aliphatic rings. The highest BCUT2D eigenvalue weighted by molar-refractivity contribution is 6.17. The summed E-state index contributed by atoms with van der Waals surface area (Å²) in [6, 6.07) is 29.5. The summed E-state index contributed by atoms with van der Waals surface area (Å²) in [4.78, 5) is 0. The smallest absolute Gasteiger partial charge is 0.0501 e. The first-order valence-corrected chi connectivity index (χ1v) is 11.2. The van der Waals surface area contributed by atoms with Crippen molar-refractivity contribution in [2.75, 3.05) is 0 Å². The van der Waals surface area contributed by atoms with Crippen LogP contribution in [0.4, 0.5) is 0 Å². The van der Waals surface area contributed by atoms with Gasteiger partial charge in [0.1, 0.15) is 0 Å². The summed E-state index contributed by atoms with van der Waals surface area (Å²) in [6.45, 7) is 9.98. The Morgan fingerprint density at radius 3 is 2.23 bits per heavy atom. The van der Waals surface area contributed by atoms with Crippen molar-refractivity contribution in [2.24, 2.45) is 0 Å². The molecule has 0 unspecified atom stereocenters. The van der Waals surface area contributed by atoms with Crippen LogP contribution in [0.5, 0.6) is 0 Å². The van der Waals surface area contributed by atoms with Crippen LogP contribution >= 0.6 is 0 Å². The predicted octanol–water partition coefficient (Wildman–Crippen LogP) is 7.77. The van der Waals surface area contributed by atoms with Crippen LogP contribution in [-0.4, -0.2) is 4.57 Å². The normalized spacial score (nSPS) is 14.2. The minimum Gasteiger partial charge on any atom is -0.336 e. The van der Waals surface area contributed by atoms with Crippen molar-refractivity contribution < 1.29 is 0 Å². The van der Waals surface area contributed by atoms with Crippen LogP contribution in [0.2, 0.25) is 0 Å². The maximum Gasteiger partial charge on any atom is 0.0501 e. The van der Waals surface area contributed by atoms with Crippen molar-refractivity contribution in [3.05, 3.63) is 107 Å². The molecule has 0 fully saturated rings. The summed E-state index contributed by atoms with van der Waals surface area (Å²) in [5.74, 6) is 0. The van der Waals surface area contributed by atoms with Crippen molar-refractivity contribution in [3.63, 3.8) is 0 Å². The molecule has 1 aromatic heterocycles. The van der Waals surface area contributed by atoms with Crippen molar-refractivity contribution in [3.8, 4) is 11.1 Å². The van der Waals surface area contributed by atoms with Crippen molar-refractivity contribution in [2.45, 2.75) is 39.7 Å². The van der Waals surface area contributed by atoms with E-state index in [2.05, 4.69) is 111 Å². The molecular formula is C30H27N. The second kappa shape index (κ2) is 6.34. The van der Waals surface area contributed by atoms with Crippen LogP contribution in [0.1, 0.15) is 41.7 Å². The number of benzene rings is 4. The van der Waals surface area contributed by atoms with E-state index < -0.39 is 0 Å². The van der Waals surface area contributed by atoms with Gasteiger partial charge in [0.15, 0.2) is 0 Å². The predicted molar refractivity (Wildman–Crippen MR) is 132 cm³/mol. The lowest BCUT2D eigenvalue weighted by molar-refractivity contribution is 0.661. The maximum absolute atomic E-state index is 2.51. The monoisotopic (exact) mass is 401 g/mol. The van der Waals surface area contributed by atoms with Crippen LogP contribution in [0.15, 0.2) is 78.9 Å². The Labute approximate surface area is 184 Å². The second-order valence-electron chi connectivity index (χ2n) is 9.65. The molecule has 0 spiro atoms. The number of para-hydroxylation sites is 1. The molecule has 0 N–H and O–H groups in total. The van der Waals surface area contributed by atoms with Gasteiger partial charge in [0.05, 0.1) is 5.52 Å². The number of aryl methyl sites for hydroxylation is 2. The van der Waals surface area contributed by atoms with Gasteiger partial charge in [0, 0.05) is 28.2 Å². The molecule has 0 radical (unpaired) electrons. The van der Waals surface area contributed by atoms with Crippen LogP contribution in [0.25, 0.3) is 32.9 Å². The summed E-state index contributed by atoms with van der Waals surface area (Å²) < 4.78 is 2.51. The zero-order valence-corrected chi connectivity index (χ0v) is 18.7. The molecule has 1 heteroatoms. The van der Waals surface area contributed by atoms with E-state index in [0.717, 1.165) is 6.54 Å². The van der Waals surface area contributed by atoms with Crippen molar-refractivity contribution in [1.82, 2.24) is 4.57 Å². The van der Waals surface area contributed by atoms with Gasteiger partial charge in [-0.1, -0.05) is 91.7 Å². The Hall–Kier alpha value is -3.32. The molecule has 1 heterocycles. The quantitative estimate of drug-likeness (QED) is 0.285. The summed E-state index contributed by atoms with van der Waals surface area (Å²) in [7, 11) is 0. The van der Waals surface area contributed by atoms with Crippen LogP contribution < -0.4 is 0 Å². The molecule has 6 rings (SSSR count). The highest BCUT2D eigenvalue weighted by Gasteiger charge is 2.37. The van der Waals surface area contributed by atoms with E-state index in [1.54, 1.807) is 0 Å². The molecule has 0 aliphatic heterocycles. The van der Waals surface area contributed by atoms with Gasteiger partial charge >= 0.3 is 0 Å². The summed E-state index contributed by atoms with van der Waals surface area (Å²) >= 11 is 0. The van der Waals surface area contributed by atoms with Gasteiger partial charge in [-0.3, -0.25) is 0 Å². The number of hydrogen-bond donors (Lipinski definition) is 0. The Bertz CT molecular complexity index is 1480. The van der Waals surface area contributed by atoms with E-state index in [-0.39, 0.29) is 5.41 Å². The first-order chi connectivity index (χ1) is 14.9. The molecular weight excluding hydrogens is 374 g/mol. The standard InChI is InChI=1S/C30H27N/c1-19-15-20(2)17-21(16-19)18-31-26-12-8-6-10-23(26)29-27(31)14-13-25-28(29)22-9-5-7-11-24(22)30(25,3)4/h5-17H,18H2,1-4H3. The van der Waals surface area contributed by atoms with Gasteiger partial charge < -0.3 is 4.57 Å². The van der Waals surface area contributed by atoms with E-state index in [4.69, 9.17) is 0 Å². The topological polar surface area (TPSA) is 4.93 Å². The number of rotatable bonds is 2. The highest BCUT2D eigenvalue weighted by atomic mass is 15.0. The number of fused-ring (bicyclic) bond motifs is 7. The van der Waals surface area contributed by atoms with Crippen LogP contribution in [0, 0.1) is 13.8 Å². The Morgan fingerprint density at radius 2 is 1.42 bits per heavy atom. The average Bonchev–Trinajstić information content (AvgIpc) is 3.18. The zero-order valence-electron chi connectivity index (χ0n) is 18.7. The van der Waals surface area contributed by atoms with Crippen LogP contribution in [0.3, 0.4) is 0 Å². The van der Waals surface area contributed by atoms with Gasteiger partial charge in [-0.25, -0.2) is 0 Å². The van der Waals surface area contributed by atoms with Crippen molar-refractivity contribution in [1.29, 1.82) is 0 Å². The maximum atomic E-state index is 2.51. The summed E-state index contributed by atoms with van der Waals surface area (Å²) in [6.07, 6.45) is 0. The fourth-order valence-corrected chi connectivity index (χ4v) is 5.84. The molecule has 152 valence electrons. The van der Waals surface area contributed by atoms with Gasteiger partial charge in [-0.15, -0.1) is 0 Å². The minimum absolute atomic E-state index is 0.0248. The lowest BCUT2D eigenvalue weighted by Gasteiger charge is -2.21. The molecule has 0 amide bonds. The number of hydrogen-bond acceptors (Lipinski definition) is 0. The lowest BCUT2D eigenvalue weighted by atomic mass is 9.82. The SMILES string of the molecule is Cc1cc(C)cc(Cn2c3ccccc3c3c4c(ccc32)C(C)(C)c2ccccc2-4)c1. The minimum atomic E-state index is 0.0248. The molecule has 5 aromatic rings. The van der Waals surface area contributed by atoms with E-state index in [0.29, 0.717) is 0 Å². The van der Waals surface area contributed by atoms with Crippen molar-refractivity contribution >= 4 is 21.8 Å². The number of nitrogens with zero attached hydrogens (tertiary/aromatic N) is 1. The average molecular weight is 402 g/mol. The third kappa shape index (κ3) is 2.56. The second-order valence-corrected chi connectivity index (χ2v) is 9.65. The molecule has 31 heavy (non-hydrogen) atoms. The molecule has 1 aliphatic carbocycles. The van der Waals surface area contributed by atoms with E-state index in [1.807, 2.05) is 0 Å². The van der Waals surface area contributed by atoms with E-state index in [1.165, 1.54) is 60.8 Å². The fourth-order valence-electron chi connectivity index (χ4n) is 5.84. The third-order valence-electron chi connectivity index (χ3n) is 7.10. The third-order valence-corrected chi connectivity index (χ3v) is 7.10. The summed E-state index contributed by atoms with van der Waals surface area (Å²) in [5.41, 5.74) is 12.4. The van der Waals surface area contributed by atoms with E-state index >= 15 is 0 Å². The van der Waals surface area contributed by atoms with Gasteiger partial charge in [0.2, 0.25) is 0 Å².